The third kappa shape index (κ3) is 4.32. The maximum absolute atomic E-state index is 13.8. The molecule has 0 heterocycles. The van der Waals surface area contributed by atoms with Crippen molar-refractivity contribution < 1.29 is 4.39 Å². The van der Waals surface area contributed by atoms with Crippen molar-refractivity contribution in [1.82, 2.24) is 5.32 Å². The monoisotopic (exact) mass is 255 g/mol. The first-order chi connectivity index (χ1) is 8.20. The SMILES string of the molecule is CCCNC(C)c1cccc(F)c1SCCC. The molecule has 17 heavy (non-hydrogen) atoms. The highest BCUT2D eigenvalue weighted by molar-refractivity contribution is 7.99. The number of thioether (sulfide) groups is 1. The molecule has 0 radical (unpaired) electrons. The van der Waals surface area contributed by atoms with E-state index in [-0.39, 0.29) is 11.9 Å². The molecule has 1 nitrogen and oxygen atoms in total. The van der Waals surface area contributed by atoms with Crippen molar-refractivity contribution in [2.45, 2.75) is 44.6 Å². The number of nitrogens with one attached hydrogen (secondary N) is 1. The second kappa shape index (κ2) is 7.72. The molecule has 3 heteroatoms. The van der Waals surface area contributed by atoms with Crippen LogP contribution < -0.4 is 5.32 Å². The van der Waals surface area contributed by atoms with Gasteiger partial charge in [-0.1, -0.05) is 26.0 Å². The lowest BCUT2D eigenvalue weighted by Gasteiger charge is -2.17. The van der Waals surface area contributed by atoms with Gasteiger partial charge in [-0.2, -0.15) is 0 Å². The molecule has 1 aromatic carbocycles. The second-order valence-corrected chi connectivity index (χ2v) is 5.29. The molecule has 1 N–H and O–H groups in total. The molecular formula is C14H22FNS. The summed E-state index contributed by atoms with van der Waals surface area (Å²) in [6.07, 6.45) is 2.16. The van der Waals surface area contributed by atoms with Gasteiger partial charge >= 0.3 is 0 Å². The smallest absolute Gasteiger partial charge is 0.137 e. The molecule has 1 unspecified atom stereocenters. The Bertz CT molecular complexity index is 341. The summed E-state index contributed by atoms with van der Waals surface area (Å²) in [4.78, 5) is 0.811. The zero-order valence-electron chi connectivity index (χ0n) is 10.9. The van der Waals surface area contributed by atoms with Crippen molar-refractivity contribution in [1.29, 1.82) is 0 Å². The van der Waals surface area contributed by atoms with Crippen LogP contribution in [0, 0.1) is 5.82 Å². The molecule has 0 amide bonds. The number of rotatable bonds is 7. The van der Waals surface area contributed by atoms with Crippen molar-refractivity contribution in [2.75, 3.05) is 12.3 Å². The number of hydrogen-bond acceptors (Lipinski definition) is 2. The summed E-state index contributed by atoms with van der Waals surface area (Å²) in [6.45, 7) is 7.32. The van der Waals surface area contributed by atoms with Gasteiger partial charge in [0.1, 0.15) is 5.82 Å². The van der Waals surface area contributed by atoms with Gasteiger partial charge in [-0.3, -0.25) is 0 Å². The largest absolute Gasteiger partial charge is 0.310 e. The van der Waals surface area contributed by atoms with E-state index in [2.05, 4.69) is 26.1 Å². The molecule has 0 aromatic heterocycles. The van der Waals surface area contributed by atoms with Crippen LogP contribution in [0.3, 0.4) is 0 Å². The summed E-state index contributed by atoms with van der Waals surface area (Å²) in [5.41, 5.74) is 1.08. The number of benzene rings is 1. The summed E-state index contributed by atoms with van der Waals surface area (Å²) in [6, 6.07) is 5.58. The van der Waals surface area contributed by atoms with Crippen molar-refractivity contribution in [2.24, 2.45) is 0 Å². The molecule has 0 spiro atoms. The van der Waals surface area contributed by atoms with E-state index in [1.807, 2.05) is 6.07 Å². The Kier molecular flexibility index (Phi) is 6.60. The highest BCUT2D eigenvalue weighted by atomic mass is 32.2. The van der Waals surface area contributed by atoms with Gasteiger partial charge in [0.15, 0.2) is 0 Å². The fourth-order valence-corrected chi connectivity index (χ4v) is 2.72. The van der Waals surface area contributed by atoms with E-state index in [0.717, 1.165) is 35.6 Å². The van der Waals surface area contributed by atoms with Crippen LogP contribution in [-0.4, -0.2) is 12.3 Å². The zero-order valence-corrected chi connectivity index (χ0v) is 11.7. The van der Waals surface area contributed by atoms with Crippen LogP contribution in [0.4, 0.5) is 4.39 Å². The minimum Gasteiger partial charge on any atom is -0.310 e. The minimum absolute atomic E-state index is 0.0916. The van der Waals surface area contributed by atoms with E-state index >= 15 is 0 Å². The average Bonchev–Trinajstić information content (AvgIpc) is 2.34. The normalized spacial score (nSPS) is 12.7. The fourth-order valence-electron chi connectivity index (χ4n) is 1.69. The topological polar surface area (TPSA) is 12.0 Å². The third-order valence-corrected chi connectivity index (χ3v) is 3.95. The Morgan fingerprint density at radius 3 is 2.71 bits per heavy atom. The Morgan fingerprint density at radius 2 is 2.06 bits per heavy atom. The summed E-state index contributed by atoms with van der Waals surface area (Å²) >= 11 is 1.62. The highest BCUT2D eigenvalue weighted by Gasteiger charge is 2.13. The lowest BCUT2D eigenvalue weighted by Crippen LogP contribution is -2.20. The molecule has 1 aromatic rings. The van der Waals surface area contributed by atoms with E-state index in [4.69, 9.17) is 0 Å². The standard InChI is InChI=1S/C14H22FNS/c1-4-9-16-11(3)12-7-6-8-13(15)14(12)17-10-5-2/h6-8,11,16H,4-5,9-10H2,1-3H3. The maximum Gasteiger partial charge on any atom is 0.137 e. The molecule has 0 fully saturated rings. The van der Waals surface area contributed by atoms with Crippen LogP contribution in [-0.2, 0) is 0 Å². The van der Waals surface area contributed by atoms with Crippen molar-refractivity contribution in [3.63, 3.8) is 0 Å². The van der Waals surface area contributed by atoms with Crippen LogP contribution >= 0.6 is 11.8 Å². The third-order valence-electron chi connectivity index (χ3n) is 2.61. The molecule has 1 atom stereocenters. The van der Waals surface area contributed by atoms with Gasteiger partial charge in [-0.05, 0) is 43.7 Å². The first-order valence-electron chi connectivity index (χ1n) is 6.35. The second-order valence-electron chi connectivity index (χ2n) is 4.18. The first-order valence-corrected chi connectivity index (χ1v) is 7.33. The van der Waals surface area contributed by atoms with Crippen LogP contribution in [0.2, 0.25) is 0 Å². The number of hydrogen-bond donors (Lipinski definition) is 1. The van der Waals surface area contributed by atoms with Gasteiger partial charge in [0.2, 0.25) is 0 Å². The van der Waals surface area contributed by atoms with Crippen LogP contribution in [0.25, 0.3) is 0 Å². The van der Waals surface area contributed by atoms with Crippen LogP contribution in [0.5, 0.6) is 0 Å². The van der Waals surface area contributed by atoms with Gasteiger partial charge in [0.25, 0.3) is 0 Å². The maximum atomic E-state index is 13.8. The van der Waals surface area contributed by atoms with Gasteiger partial charge < -0.3 is 5.32 Å². The molecule has 0 saturated heterocycles. The molecular weight excluding hydrogens is 233 g/mol. The van der Waals surface area contributed by atoms with Crippen molar-refractivity contribution >= 4 is 11.8 Å². The lowest BCUT2D eigenvalue weighted by molar-refractivity contribution is 0.543. The van der Waals surface area contributed by atoms with Gasteiger partial charge in [0.05, 0.1) is 0 Å². The minimum atomic E-state index is -0.0916. The molecule has 0 aliphatic heterocycles. The Hall–Kier alpha value is -0.540. The summed E-state index contributed by atoms with van der Waals surface area (Å²) in [7, 11) is 0. The molecule has 0 aliphatic carbocycles. The average molecular weight is 255 g/mol. The predicted octanol–water partition coefficient (Wildman–Crippen LogP) is 4.39. The lowest BCUT2D eigenvalue weighted by atomic mass is 10.1. The van der Waals surface area contributed by atoms with Gasteiger partial charge in [-0.25, -0.2) is 4.39 Å². The zero-order chi connectivity index (χ0) is 12.7. The quantitative estimate of drug-likeness (QED) is 0.725. The van der Waals surface area contributed by atoms with E-state index < -0.39 is 0 Å². The van der Waals surface area contributed by atoms with Crippen LogP contribution in [0.1, 0.15) is 45.2 Å². The van der Waals surface area contributed by atoms with E-state index in [1.165, 1.54) is 0 Å². The number of halogens is 1. The van der Waals surface area contributed by atoms with E-state index in [1.54, 1.807) is 23.9 Å². The summed E-state index contributed by atoms with van der Waals surface area (Å²) < 4.78 is 13.8. The predicted molar refractivity (Wildman–Crippen MR) is 74.1 cm³/mol. The van der Waals surface area contributed by atoms with Gasteiger partial charge in [0, 0.05) is 10.9 Å². The van der Waals surface area contributed by atoms with Gasteiger partial charge in [-0.15, -0.1) is 11.8 Å². The molecule has 96 valence electrons. The Labute approximate surface area is 108 Å². The van der Waals surface area contributed by atoms with E-state index in [9.17, 15) is 4.39 Å². The highest BCUT2D eigenvalue weighted by Crippen LogP contribution is 2.30. The molecule has 0 saturated carbocycles. The Morgan fingerprint density at radius 1 is 1.29 bits per heavy atom. The molecule has 0 bridgehead atoms. The molecule has 0 aliphatic rings. The Balaban J connectivity index is 2.84. The summed E-state index contributed by atoms with van der Waals surface area (Å²) in [5.74, 6) is 0.875. The summed E-state index contributed by atoms with van der Waals surface area (Å²) in [5, 5.41) is 3.41. The first kappa shape index (κ1) is 14.5. The fraction of sp³-hybridized carbons (Fsp3) is 0.571. The van der Waals surface area contributed by atoms with Crippen molar-refractivity contribution in [3.05, 3.63) is 29.6 Å². The van der Waals surface area contributed by atoms with Crippen LogP contribution in [0.15, 0.2) is 23.1 Å². The molecule has 1 rings (SSSR count). The van der Waals surface area contributed by atoms with E-state index in [0.29, 0.717) is 0 Å². The van der Waals surface area contributed by atoms with Crippen molar-refractivity contribution in [3.8, 4) is 0 Å².